The molecular formula is C12H17NO. The second kappa shape index (κ2) is 4.91. The van der Waals surface area contributed by atoms with Gasteiger partial charge in [-0.05, 0) is 25.8 Å². The molecule has 1 rings (SSSR count). The van der Waals surface area contributed by atoms with Crippen LogP contribution in [0.2, 0.25) is 0 Å². The molecule has 1 unspecified atom stereocenters. The molecule has 0 heterocycles. The van der Waals surface area contributed by atoms with Crippen molar-refractivity contribution in [1.29, 1.82) is 0 Å². The van der Waals surface area contributed by atoms with Crippen molar-refractivity contribution in [1.82, 2.24) is 0 Å². The smallest absolute Gasteiger partial charge is 0.134 e. The first-order chi connectivity index (χ1) is 6.63. The predicted molar refractivity (Wildman–Crippen MR) is 58.1 cm³/mol. The zero-order valence-corrected chi connectivity index (χ0v) is 8.79. The summed E-state index contributed by atoms with van der Waals surface area (Å²) in [6, 6.07) is 8.23. The summed E-state index contributed by atoms with van der Waals surface area (Å²) in [4.78, 5) is 11.2. The number of carbonyl (C=O) groups excluding carboxylic acids is 1. The highest BCUT2D eigenvalue weighted by atomic mass is 16.1. The van der Waals surface area contributed by atoms with Gasteiger partial charge in [0.2, 0.25) is 0 Å². The number of aryl methyl sites for hydroxylation is 1. The first-order valence-electron chi connectivity index (χ1n) is 4.89. The number of hydrogen-bond acceptors (Lipinski definition) is 2. The lowest BCUT2D eigenvalue weighted by Gasteiger charge is -2.10. The van der Waals surface area contributed by atoms with Gasteiger partial charge in [-0.2, -0.15) is 0 Å². The SMILES string of the molecule is CC(=O)C(CN)Cc1ccc(C)cc1. The second-order valence-corrected chi connectivity index (χ2v) is 3.73. The number of ketones is 1. The van der Waals surface area contributed by atoms with E-state index in [0.29, 0.717) is 6.54 Å². The van der Waals surface area contributed by atoms with Crippen molar-refractivity contribution in [3.05, 3.63) is 35.4 Å². The van der Waals surface area contributed by atoms with E-state index in [-0.39, 0.29) is 11.7 Å². The minimum atomic E-state index is -0.0299. The highest BCUT2D eigenvalue weighted by Gasteiger charge is 2.12. The maximum Gasteiger partial charge on any atom is 0.134 e. The van der Waals surface area contributed by atoms with Crippen LogP contribution in [-0.4, -0.2) is 12.3 Å². The van der Waals surface area contributed by atoms with Gasteiger partial charge in [0.1, 0.15) is 5.78 Å². The third-order valence-corrected chi connectivity index (χ3v) is 2.46. The molecule has 0 aliphatic rings. The van der Waals surface area contributed by atoms with Crippen molar-refractivity contribution >= 4 is 5.78 Å². The number of rotatable bonds is 4. The van der Waals surface area contributed by atoms with Gasteiger partial charge in [-0.15, -0.1) is 0 Å². The van der Waals surface area contributed by atoms with E-state index < -0.39 is 0 Å². The first kappa shape index (κ1) is 10.9. The minimum Gasteiger partial charge on any atom is -0.330 e. The molecule has 0 spiro atoms. The summed E-state index contributed by atoms with van der Waals surface area (Å²) >= 11 is 0. The Morgan fingerprint density at radius 3 is 2.36 bits per heavy atom. The van der Waals surface area contributed by atoms with Gasteiger partial charge in [0.05, 0.1) is 0 Å². The molecule has 76 valence electrons. The van der Waals surface area contributed by atoms with E-state index in [0.717, 1.165) is 6.42 Å². The van der Waals surface area contributed by atoms with E-state index >= 15 is 0 Å². The Morgan fingerprint density at radius 1 is 1.36 bits per heavy atom. The average Bonchev–Trinajstić information content (AvgIpc) is 2.16. The molecule has 0 aromatic heterocycles. The molecule has 0 saturated carbocycles. The van der Waals surface area contributed by atoms with Crippen molar-refractivity contribution in [3.63, 3.8) is 0 Å². The van der Waals surface area contributed by atoms with E-state index in [1.165, 1.54) is 11.1 Å². The van der Waals surface area contributed by atoms with Crippen LogP contribution in [0.5, 0.6) is 0 Å². The Kier molecular flexibility index (Phi) is 3.84. The fourth-order valence-electron chi connectivity index (χ4n) is 1.40. The molecule has 0 aliphatic carbocycles. The van der Waals surface area contributed by atoms with E-state index in [1.807, 2.05) is 0 Å². The number of benzene rings is 1. The molecule has 0 bridgehead atoms. The minimum absolute atomic E-state index is 0.0299. The van der Waals surface area contributed by atoms with Gasteiger partial charge >= 0.3 is 0 Å². The van der Waals surface area contributed by atoms with Gasteiger partial charge in [0.25, 0.3) is 0 Å². The van der Waals surface area contributed by atoms with Crippen LogP contribution in [0.15, 0.2) is 24.3 Å². The Labute approximate surface area is 85.1 Å². The van der Waals surface area contributed by atoms with Crippen LogP contribution in [-0.2, 0) is 11.2 Å². The summed E-state index contributed by atoms with van der Waals surface area (Å²) in [5.74, 6) is 0.144. The van der Waals surface area contributed by atoms with Gasteiger partial charge in [-0.3, -0.25) is 4.79 Å². The van der Waals surface area contributed by atoms with Gasteiger partial charge in [-0.25, -0.2) is 0 Å². The Balaban J connectivity index is 2.67. The van der Waals surface area contributed by atoms with Gasteiger partial charge in [0.15, 0.2) is 0 Å². The zero-order valence-electron chi connectivity index (χ0n) is 8.79. The Hall–Kier alpha value is -1.15. The van der Waals surface area contributed by atoms with Crippen molar-refractivity contribution in [3.8, 4) is 0 Å². The van der Waals surface area contributed by atoms with Crippen LogP contribution in [0.25, 0.3) is 0 Å². The number of Topliss-reactive ketones (excluding diaryl/α,β-unsaturated/α-hetero) is 1. The molecule has 1 atom stereocenters. The quantitative estimate of drug-likeness (QED) is 0.787. The topological polar surface area (TPSA) is 43.1 Å². The maximum atomic E-state index is 11.2. The van der Waals surface area contributed by atoms with E-state index in [9.17, 15) is 4.79 Å². The predicted octanol–water partition coefficient (Wildman–Crippen LogP) is 1.70. The number of nitrogens with two attached hydrogens (primary N) is 1. The summed E-state index contributed by atoms with van der Waals surface area (Å²) in [5, 5.41) is 0. The highest BCUT2D eigenvalue weighted by molar-refractivity contribution is 5.78. The second-order valence-electron chi connectivity index (χ2n) is 3.73. The van der Waals surface area contributed by atoms with Crippen LogP contribution in [0.4, 0.5) is 0 Å². The van der Waals surface area contributed by atoms with E-state index in [1.54, 1.807) is 6.92 Å². The lowest BCUT2D eigenvalue weighted by atomic mass is 9.96. The molecule has 0 radical (unpaired) electrons. The molecule has 1 aromatic carbocycles. The first-order valence-corrected chi connectivity index (χ1v) is 4.89. The van der Waals surface area contributed by atoms with E-state index in [2.05, 4.69) is 31.2 Å². The van der Waals surface area contributed by atoms with Crippen molar-refractivity contribution in [2.45, 2.75) is 20.3 Å². The lowest BCUT2D eigenvalue weighted by Crippen LogP contribution is -2.23. The van der Waals surface area contributed by atoms with Crippen LogP contribution in [0.3, 0.4) is 0 Å². The molecule has 2 heteroatoms. The molecule has 0 amide bonds. The summed E-state index contributed by atoms with van der Waals surface area (Å²) in [6.45, 7) is 4.09. The highest BCUT2D eigenvalue weighted by Crippen LogP contribution is 2.10. The average molecular weight is 191 g/mol. The summed E-state index contributed by atoms with van der Waals surface area (Å²) < 4.78 is 0. The lowest BCUT2D eigenvalue weighted by molar-refractivity contribution is -0.120. The number of hydrogen-bond donors (Lipinski definition) is 1. The molecule has 14 heavy (non-hydrogen) atoms. The normalized spacial score (nSPS) is 12.5. The molecule has 2 nitrogen and oxygen atoms in total. The molecular weight excluding hydrogens is 174 g/mol. The molecule has 0 saturated heterocycles. The van der Waals surface area contributed by atoms with Gasteiger partial charge in [-0.1, -0.05) is 29.8 Å². The van der Waals surface area contributed by atoms with Crippen LogP contribution < -0.4 is 5.73 Å². The monoisotopic (exact) mass is 191 g/mol. The van der Waals surface area contributed by atoms with Crippen molar-refractivity contribution < 1.29 is 4.79 Å². The van der Waals surface area contributed by atoms with Crippen molar-refractivity contribution in [2.75, 3.05) is 6.54 Å². The molecule has 0 aliphatic heterocycles. The zero-order chi connectivity index (χ0) is 10.6. The standard InChI is InChI=1S/C12H17NO/c1-9-3-5-11(6-4-9)7-12(8-13)10(2)14/h3-6,12H,7-8,13H2,1-2H3. The molecule has 0 fully saturated rings. The third kappa shape index (κ3) is 2.96. The van der Waals surface area contributed by atoms with Crippen LogP contribution >= 0.6 is 0 Å². The third-order valence-electron chi connectivity index (χ3n) is 2.46. The largest absolute Gasteiger partial charge is 0.330 e. The Bertz CT molecular complexity index is 303. The van der Waals surface area contributed by atoms with Crippen LogP contribution in [0, 0.1) is 12.8 Å². The number of carbonyl (C=O) groups is 1. The molecule has 1 aromatic rings. The van der Waals surface area contributed by atoms with Gasteiger partial charge in [0, 0.05) is 12.5 Å². The summed E-state index contributed by atoms with van der Waals surface area (Å²) in [7, 11) is 0. The van der Waals surface area contributed by atoms with E-state index in [4.69, 9.17) is 5.73 Å². The summed E-state index contributed by atoms with van der Waals surface area (Å²) in [6.07, 6.45) is 0.756. The maximum absolute atomic E-state index is 11.2. The molecule has 2 N–H and O–H groups in total. The fourth-order valence-corrected chi connectivity index (χ4v) is 1.40. The summed E-state index contributed by atoms with van der Waals surface area (Å²) in [5.41, 5.74) is 7.95. The van der Waals surface area contributed by atoms with Gasteiger partial charge < -0.3 is 5.73 Å². The Morgan fingerprint density at radius 2 is 1.93 bits per heavy atom. The van der Waals surface area contributed by atoms with Crippen LogP contribution in [0.1, 0.15) is 18.1 Å². The van der Waals surface area contributed by atoms with Crippen molar-refractivity contribution in [2.24, 2.45) is 11.7 Å². The fraction of sp³-hybridized carbons (Fsp3) is 0.417.